The van der Waals surface area contributed by atoms with E-state index in [1.807, 2.05) is 5.38 Å². The summed E-state index contributed by atoms with van der Waals surface area (Å²) < 4.78 is 4.46. The van der Waals surface area contributed by atoms with Crippen LogP contribution in [0.25, 0.3) is 16.8 Å². The molecular weight excluding hydrogens is 368 g/mol. The first-order chi connectivity index (χ1) is 13.7. The number of methoxy groups -OCH3 is 1. The molecule has 0 saturated heterocycles. The lowest BCUT2D eigenvalue weighted by atomic mass is 9.70. The van der Waals surface area contributed by atoms with Crippen LogP contribution in [-0.4, -0.2) is 18.9 Å². The van der Waals surface area contributed by atoms with Gasteiger partial charge in [0.05, 0.1) is 12.7 Å². The van der Waals surface area contributed by atoms with Crippen molar-refractivity contribution in [3.63, 3.8) is 0 Å². The van der Waals surface area contributed by atoms with Crippen molar-refractivity contribution in [2.45, 2.75) is 25.2 Å². The molecule has 0 radical (unpaired) electrons. The largest absolute Gasteiger partial charge is 0.465 e. The lowest BCUT2D eigenvalue weighted by Crippen LogP contribution is -2.27. The van der Waals surface area contributed by atoms with Crippen molar-refractivity contribution in [3.8, 4) is 0 Å². The third-order valence-electron chi connectivity index (χ3n) is 5.53. The van der Waals surface area contributed by atoms with Gasteiger partial charge in [-0.25, -0.2) is 4.79 Å². The van der Waals surface area contributed by atoms with Gasteiger partial charge in [0.25, 0.3) is 0 Å². The van der Waals surface area contributed by atoms with Crippen molar-refractivity contribution >= 4 is 39.9 Å². The van der Waals surface area contributed by atoms with Crippen molar-refractivity contribution < 1.29 is 14.3 Å². The molecule has 5 rings (SSSR count). The van der Waals surface area contributed by atoms with Gasteiger partial charge in [-0.1, -0.05) is 48.6 Å². The van der Waals surface area contributed by atoms with E-state index < -0.39 is 0 Å². The number of rotatable bonds is 1. The van der Waals surface area contributed by atoms with Crippen LogP contribution in [-0.2, 0) is 9.53 Å². The number of carbonyl (C=O) groups is 2. The number of hydrogen-bond donors (Lipinski definition) is 0. The lowest BCUT2D eigenvalue weighted by Gasteiger charge is -2.33. The molecule has 28 heavy (non-hydrogen) atoms. The summed E-state index contributed by atoms with van der Waals surface area (Å²) in [6.45, 7) is 0. The molecule has 2 atom stereocenters. The van der Waals surface area contributed by atoms with Crippen LogP contribution >= 0.6 is 11.3 Å². The summed E-state index contributed by atoms with van der Waals surface area (Å²) >= 11 is 1.48. The summed E-state index contributed by atoms with van der Waals surface area (Å²) in [4.78, 5) is 23.0. The maximum Gasteiger partial charge on any atom is 0.338 e. The maximum atomic E-state index is 12.3. The molecular formula is C24H22O3S. The molecule has 1 aromatic heterocycles. The highest BCUT2D eigenvalue weighted by Crippen LogP contribution is 2.43. The molecule has 142 valence electrons. The Kier molecular flexibility index (Phi) is 5.40. The first-order valence-corrected chi connectivity index (χ1v) is 10.5. The molecule has 2 aromatic carbocycles. The van der Waals surface area contributed by atoms with Gasteiger partial charge in [-0.3, -0.25) is 4.79 Å². The summed E-state index contributed by atoms with van der Waals surface area (Å²) in [7, 11) is 1.38. The summed E-state index contributed by atoms with van der Waals surface area (Å²) in [5.41, 5.74) is 3.13. The number of allylic oxidation sites excluding steroid dienone is 1. The fourth-order valence-electron chi connectivity index (χ4n) is 4.17. The van der Waals surface area contributed by atoms with Crippen molar-refractivity contribution in [2.24, 2.45) is 5.92 Å². The summed E-state index contributed by atoms with van der Waals surface area (Å²) in [6, 6.07) is 14.5. The molecule has 0 amide bonds. The first kappa shape index (κ1) is 18.6. The molecule has 0 spiro atoms. The molecule has 2 aliphatic rings. The normalized spacial score (nSPS) is 20.0. The number of thiophene rings is 1. The minimum absolute atomic E-state index is 0.110. The van der Waals surface area contributed by atoms with Crippen LogP contribution in [0.15, 0.2) is 59.3 Å². The van der Waals surface area contributed by atoms with Gasteiger partial charge in [-0.2, -0.15) is 11.3 Å². The molecule has 1 fully saturated rings. The van der Waals surface area contributed by atoms with Gasteiger partial charge in [0, 0.05) is 17.7 Å². The number of Topliss-reactive ketones (excluding diaryl/α,β-unsaturated/α-hetero) is 1. The van der Waals surface area contributed by atoms with Crippen LogP contribution in [0.4, 0.5) is 0 Å². The highest BCUT2D eigenvalue weighted by atomic mass is 32.1. The molecule has 3 nitrogen and oxygen atoms in total. The van der Waals surface area contributed by atoms with E-state index in [0.29, 0.717) is 17.3 Å². The van der Waals surface area contributed by atoms with Crippen molar-refractivity contribution in [1.82, 2.24) is 0 Å². The Labute approximate surface area is 168 Å². The molecule has 2 unspecified atom stereocenters. The summed E-state index contributed by atoms with van der Waals surface area (Å²) in [6.07, 6.45) is 7.45. The summed E-state index contributed by atoms with van der Waals surface area (Å²) in [5.74, 6) is 0.696. The third-order valence-corrected chi connectivity index (χ3v) is 6.21. The predicted octanol–water partition coefficient (Wildman–Crippen LogP) is 5.85. The van der Waals surface area contributed by atoms with Gasteiger partial charge in [0.2, 0.25) is 0 Å². The first-order valence-electron chi connectivity index (χ1n) is 9.52. The maximum absolute atomic E-state index is 12.3. The lowest BCUT2D eigenvalue weighted by molar-refractivity contribution is -0.122. The quantitative estimate of drug-likeness (QED) is 0.489. The van der Waals surface area contributed by atoms with E-state index in [2.05, 4.69) is 53.3 Å². The molecule has 1 heterocycles. The van der Waals surface area contributed by atoms with E-state index in [0.717, 1.165) is 19.3 Å². The SMILES string of the molecule is COC(=O)c1ccsc1.O=C1CCCC2C=Cc3c(ccc4ccccc34)C12. The Hall–Kier alpha value is -2.72. The molecule has 0 N–H and O–H groups in total. The van der Waals surface area contributed by atoms with Gasteiger partial charge < -0.3 is 4.74 Å². The fraction of sp³-hybridized carbons (Fsp3) is 0.250. The van der Waals surface area contributed by atoms with E-state index in [-0.39, 0.29) is 11.9 Å². The van der Waals surface area contributed by atoms with Crippen LogP contribution in [0.2, 0.25) is 0 Å². The number of fused-ring (bicyclic) bond motifs is 5. The average molecular weight is 391 g/mol. The number of esters is 1. The van der Waals surface area contributed by atoms with E-state index in [9.17, 15) is 9.59 Å². The topological polar surface area (TPSA) is 43.4 Å². The number of ketones is 1. The Balaban J connectivity index is 0.000000181. The second-order valence-electron chi connectivity index (χ2n) is 7.15. The Morgan fingerprint density at radius 2 is 2.00 bits per heavy atom. The second kappa shape index (κ2) is 8.11. The number of hydrogen-bond acceptors (Lipinski definition) is 4. The molecule has 0 bridgehead atoms. The van der Waals surface area contributed by atoms with Gasteiger partial charge in [-0.15, -0.1) is 0 Å². The predicted molar refractivity (Wildman–Crippen MR) is 114 cm³/mol. The smallest absolute Gasteiger partial charge is 0.338 e. The van der Waals surface area contributed by atoms with Gasteiger partial charge in [0.15, 0.2) is 0 Å². The minimum Gasteiger partial charge on any atom is -0.465 e. The van der Waals surface area contributed by atoms with E-state index in [1.54, 1.807) is 11.4 Å². The van der Waals surface area contributed by atoms with Gasteiger partial charge in [-0.05, 0) is 52.1 Å². The molecule has 2 aliphatic carbocycles. The Bertz CT molecular complexity index is 1030. The zero-order chi connectivity index (χ0) is 19.5. The zero-order valence-electron chi connectivity index (χ0n) is 15.8. The van der Waals surface area contributed by atoms with Crippen molar-refractivity contribution in [1.29, 1.82) is 0 Å². The fourth-order valence-corrected chi connectivity index (χ4v) is 4.80. The molecule has 1 saturated carbocycles. The van der Waals surface area contributed by atoms with Gasteiger partial charge >= 0.3 is 5.97 Å². The Morgan fingerprint density at radius 3 is 2.79 bits per heavy atom. The molecule has 4 heteroatoms. The molecule has 0 aliphatic heterocycles. The van der Waals surface area contributed by atoms with E-state index in [1.165, 1.54) is 40.3 Å². The average Bonchev–Trinajstić information content (AvgIpc) is 3.28. The van der Waals surface area contributed by atoms with Crippen LogP contribution in [0.3, 0.4) is 0 Å². The minimum atomic E-state index is -0.267. The van der Waals surface area contributed by atoms with E-state index in [4.69, 9.17) is 0 Å². The van der Waals surface area contributed by atoms with Crippen LogP contribution < -0.4 is 0 Å². The highest BCUT2D eigenvalue weighted by Gasteiger charge is 2.35. The second-order valence-corrected chi connectivity index (χ2v) is 7.93. The standard InChI is InChI=1S/C18H16O.C6H6O2S/c19-17-7-3-5-13-9-10-15-14-6-2-1-4-12(14)8-11-16(15)18(13)17;1-8-6(7)5-2-3-9-4-5/h1-2,4,6,8-11,13,18H,3,5,7H2;2-4H,1H3. The van der Waals surface area contributed by atoms with Crippen molar-refractivity contribution in [2.75, 3.05) is 7.11 Å². The summed E-state index contributed by atoms with van der Waals surface area (Å²) in [5, 5.41) is 6.12. The van der Waals surface area contributed by atoms with Crippen LogP contribution in [0.5, 0.6) is 0 Å². The number of benzene rings is 2. The monoisotopic (exact) mass is 390 g/mol. The number of carbonyl (C=O) groups excluding carboxylic acids is 2. The van der Waals surface area contributed by atoms with Gasteiger partial charge in [0.1, 0.15) is 5.78 Å². The highest BCUT2D eigenvalue weighted by molar-refractivity contribution is 7.08. The number of ether oxygens (including phenoxy) is 1. The Morgan fingerprint density at radius 1 is 1.14 bits per heavy atom. The van der Waals surface area contributed by atoms with E-state index >= 15 is 0 Å². The third kappa shape index (κ3) is 3.52. The zero-order valence-corrected chi connectivity index (χ0v) is 16.6. The van der Waals surface area contributed by atoms with Crippen LogP contribution in [0, 0.1) is 5.92 Å². The van der Waals surface area contributed by atoms with Crippen LogP contribution in [0.1, 0.15) is 46.7 Å². The van der Waals surface area contributed by atoms with Crippen molar-refractivity contribution in [3.05, 3.63) is 76.0 Å². The molecule has 3 aromatic rings.